The molecule has 0 spiro atoms. The Morgan fingerprint density at radius 2 is 2.23 bits per heavy atom. The molecule has 0 fully saturated rings. The van der Waals surface area contributed by atoms with E-state index < -0.39 is 10.7 Å². The van der Waals surface area contributed by atoms with E-state index >= 15 is 0 Å². The average molecular weight is 180 g/mol. The molecule has 0 unspecified atom stereocenters. The molecule has 5 heteroatoms. The van der Waals surface area contributed by atoms with Gasteiger partial charge in [-0.3, -0.25) is 10.1 Å². The van der Waals surface area contributed by atoms with Gasteiger partial charge in [-0.1, -0.05) is 0 Å². The Hall–Kier alpha value is -1.96. The zero-order chi connectivity index (χ0) is 10.0. The van der Waals surface area contributed by atoms with E-state index in [9.17, 15) is 14.5 Å². The van der Waals surface area contributed by atoms with Gasteiger partial charge in [-0.05, 0) is 13.0 Å². The molecule has 0 atom stereocenters. The Morgan fingerprint density at radius 3 is 2.69 bits per heavy atom. The minimum atomic E-state index is -0.731. The molecule has 13 heavy (non-hydrogen) atoms. The maximum atomic E-state index is 12.8. The largest absolute Gasteiger partial charge is 0.273 e. The Morgan fingerprint density at radius 1 is 1.62 bits per heavy atom. The van der Waals surface area contributed by atoms with Gasteiger partial charge < -0.3 is 0 Å². The van der Waals surface area contributed by atoms with Crippen molar-refractivity contribution in [1.29, 1.82) is 5.26 Å². The zero-order valence-corrected chi connectivity index (χ0v) is 6.74. The average Bonchev–Trinajstić information content (AvgIpc) is 2.04. The van der Waals surface area contributed by atoms with Crippen LogP contribution in [0.2, 0.25) is 0 Å². The van der Waals surface area contributed by atoms with Gasteiger partial charge in [-0.2, -0.15) is 5.26 Å². The van der Waals surface area contributed by atoms with E-state index in [4.69, 9.17) is 5.26 Å². The number of nitrogens with zero attached hydrogens (tertiary/aromatic N) is 2. The highest BCUT2D eigenvalue weighted by molar-refractivity contribution is 5.50. The molecule has 0 N–H and O–H groups in total. The second-order valence-electron chi connectivity index (χ2n) is 2.44. The first-order chi connectivity index (χ1) is 6.07. The van der Waals surface area contributed by atoms with Crippen LogP contribution in [0.5, 0.6) is 0 Å². The van der Waals surface area contributed by atoms with Crippen molar-refractivity contribution in [3.05, 3.63) is 39.2 Å². The van der Waals surface area contributed by atoms with Crippen LogP contribution in [0.15, 0.2) is 12.1 Å². The fourth-order valence-electron chi connectivity index (χ4n) is 1.00. The molecule has 0 heterocycles. The number of nitriles is 1. The molecule has 0 aliphatic carbocycles. The number of hydrogen-bond acceptors (Lipinski definition) is 3. The monoisotopic (exact) mass is 180 g/mol. The molecule has 66 valence electrons. The third kappa shape index (κ3) is 1.47. The normalized spacial score (nSPS) is 9.31. The van der Waals surface area contributed by atoms with E-state index in [-0.39, 0.29) is 16.8 Å². The molecule has 0 amide bonds. The Bertz CT molecular complexity index is 409. The lowest BCUT2D eigenvalue weighted by molar-refractivity contribution is -0.385. The maximum Gasteiger partial charge on any atom is 0.273 e. The van der Waals surface area contributed by atoms with Crippen LogP contribution < -0.4 is 0 Å². The summed E-state index contributed by atoms with van der Waals surface area (Å²) in [5.74, 6) is -0.731. The van der Waals surface area contributed by atoms with E-state index in [1.165, 1.54) is 6.92 Å². The number of rotatable bonds is 1. The summed E-state index contributed by atoms with van der Waals surface area (Å²) in [5.41, 5.74) is -0.445. The SMILES string of the molecule is Cc1c([N+](=O)[O-])ccc(F)c1C#N. The molecule has 0 radical (unpaired) electrons. The second-order valence-corrected chi connectivity index (χ2v) is 2.44. The first kappa shape index (κ1) is 9.13. The lowest BCUT2D eigenvalue weighted by Crippen LogP contribution is -1.96. The quantitative estimate of drug-likeness (QED) is 0.489. The zero-order valence-electron chi connectivity index (χ0n) is 6.74. The maximum absolute atomic E-state index is 12.8. The van der Waals surface area contributed by atoms with Gasteiger partial charge in [-0.25, -0.2) is 4.39 Å². The highest BCUT2D eigenvalue weighted by Gasteiger charge is 2.16. The number of benzene rings is 1. The lowest BCUT2D eigenvalue weighted by Gasteiger charge is -1.99. The summed E-state index contributed by atoms with van der Waals surface area (Å²) in [7, 11) is 0. The van der Waals surface area contributed by atoms with Gasteiger partial charge in [0.1, 0.15) is 11.9 Å². The van der Waals surface area contributed by atoms with Crippen molar-refractivity contribution in [2.45, 2.75) is 6.92 Å². The van der Waals surface area contributed by atoms with Gasteiger partial charge in [0, 0.05) is 11.6 Å². The molecule has 0 saturated heterocycles. The summed E-state index contributed by atoms with van der Waals surface area (Å²) in [6.45, 7) is 1.35. The highest BCUT2D eigenvalue weighted by atomic mass is 19.1. The molecular formula is C8H5FN2O2. The standard InChI is InChI=1S/C8H5FN2O2/c1-5-6(4-10)7(9)2-3-8(5)11(12)13/h2-3H,1H3. The molecule has 4 nitrogen and oxygen atoms in total. The molecule has 1 rings (SSSR count). The Labute approximate surface area is 73.4 Å². The van der Waals surface area contributed by atoms with Crippen molar-refractivity contribution >= 4 is 5.69 Å². The number of halogens is 1. The van der Waals surface area contributed by atoms with Gasteiger partial charge in [0.15, 0.2) is 0 Å². The van der Waals surface area contributed by atoms with Gasteiger partial charge in [0.2, 0.25) is 0 Å². The molecule has 1 aromatic carbocycles. The van der Waals surface area contributed by atoms with Crippen molar-refractivity contribution in [3.63, 3.8) is 0 Å². The predicted molar refractivity (Wildman–Crippen MR) is 42.5 cm³/mol. The fraction of sp³-hybridized carbons (Fsp3) is 0.125. The van der Waals surface area contributed by atoms with Gasteiger partial charge >= 0.3 is 0 Å². The highest BCUT2D eigenvalue weighted by Crippen LogP contribution is 2.22. The van der Waals surface area contributed by atoms with Crippen LogP contribution in [-0.4, -0.2) is 4.92 Å². The third-order valence-electron chi connectivity index (χ3n) is 1.69. The Balaban J connectivity index is 3.47. The summed E-state index contributed by atoms with van der Waals surface area (Å²) in [6.07, 6.45) is 0. The minimum Gasteiger partial charge on any atom is -0.258 e. The summed E-state index contributed by atoms with van der Waals surface area (Å²) in [6, 6.07) is 3.55. The first-order valence-corrected chi connectivity index (χ1v) is 3.41. The van der Waals surface area contributed by atoms with E-state index in [0.717, 1.165) is 12.1 Å². The van der Waals surface area contributed by atoms with E-state index in [2.05, 4.69) is 0 Å². The van der Waals surface area contributed by atoms with Crippen molar-refractivity contribution in [2.24, 2.45) is 0 Å². The van der Waals surface area contributed by atoms with Gasteiger partial charge in [-0.15, -0.1) is 0 Å². The summed E-state index contributed by atoms with van der Waals surface area (Å²) < 4.78 is 12.8. The van der Waals surface area contributed by atoms with Crippen LogP contribution in [0.4, 0.5) is 10.1 Å². The number of hydrogen-bond donors (Lipinski definition) is 0. The summed E-state index contributed by atoms with van der Waals surface area (Å²) in [5, 5.41) is 18.9. The molecule has 0 saturated carbocycles. The molecule has 1 aromatic rings. The van der Waals surface area contributed by atoms with E-state index in [0.29, 0.717) is 0 Å². The van der Waals surface area contributed by atoms with E-state index in [1.54, 1.807) is 6.07 Å². The number of nitro benzene ring substituents is 1. The van der Waals surface area contributed by atoms with Crippen LogP contribution in [0, 0.1) is 34.2 Å². The smallest absolute Gasteiger partial charge is 0.258 e. The van der Waals surface area contributed by atoms with Crippen LogP contribution in [0.3, 0.4) is 0 Å². The van der Waals surface area contributed by atoms with Crippen molar-refractivity contribution < 1.29 is 9.31 Å². The van der Waals surface area contributed by atoms with E-state index in [1.807, 2.05) is 0 Å². The molecule has 0 aromatic heterocycles. The molecule has 0 aliphatic rings. The van der Waals surface area contributed by atoms with Crippen LogP contribution in [-0.2, 0) is 0 Å². The van der Waals surface area contributed by atoms with Gasteiger partial charge in [0.05, 0.1) is 10.5 Å². The molecule has 0 bridgehead atoms. The third-order valence-corrected chi connectivity index (χ3v) is 1.69. The van der Waals surface area contributed by atoms with Crippen molar-refractivity contribution in [1.82, 2.24) is 0 Å². The minimum absolute atomic E-state index is 0.0625. The van der Waals surface area contributed by atoms with Crippen molar-refractivity contribution in [3.8, 4) is 6.07 Å². The molecular weight excluding hydrogens is 175 g/mol. The molecule has 0 aliphatic heterocycles. The number of nitro groups is 1. The van der Waals surface area contributed by atoms with Crippen LogP contribution in [0.25, 0.3) is 0 Å². The summed E-state index contributed by atoms with van der Waals surface area (Å²) >= 11 is 0. The fourth-order valence-corrected chi connectivity index (χ4v) is 1.00. The van der Waals surface area contributed by atoms with Crippen LogP contribution >= 0.6 is 0 Å². The Kier molecular flexibility index (Phi) is 2.24. The predicted octanol–water partition coefficient (Wildman–Crippen LogP) is 1.91. The lowest BCUT2D eigenvalue weighted by atomic mass is 10.1. The van der Waals surface area contributed by atoms with Crippen LogP contribution in [0.1, 0.15) is 11.1 Å². The van der Waals surface area contributed by atoms with Gasteiger partial charge in [0.25, 0.3) is 5.69 Å². The topological polar surface area (TPSA) is 66.9 Å². The first-order valence-electron chi connectivity index (χ1n) is 3.41. The van der Waals surface area contributed by atoms with Crippen molar-refractivity contribution in [2.75, 3.05) is 0 Å². The second kappa shape index (κ2) is 3.19. The summed E-state index contributed by atoms with van der Waals surface area (Å²) in [4.78, 5) is 9.73.